The van der Waals surface area contributed by atoms with E-state index in [0.717, 1.165) is 5.56 Å². The van der Waals surface area contributed by atoms with Crippen LogP contribution in [0.5, 0.6) is 0 Å². The normalized spacial score (nSPS) is 15.9. The van der Waals surface area contributed by atoms with E-state index >= 15 is 0 Å². The molecule has 2 aromatic carbocycles. The molecule has 0 fully saturated rings. The Labute approximate surface area is 161 Å². The van der Waals surface area contributed by atoms with Crippen LogP contribution >= 0.6 is 11.6 Å². The van der Waals surface area contributed by atoms with E-state index in [1.165, 1.54) is 6.20 Å². The molecule has 1 heterocycles. The predicted octanol–water partition coefficient (Wildman–Crippen LogP) is 4.30. The lowest BCUT2D eigenvalue weighted by Gasteiger charge is -2.23. The second-order valence-electron chi connectivity index (χ2n) is 6.45. The number of benzene rings is 2. The van der Waals surface area contributed by atoms with Crippen molar-refractivity contribution in [1.29, 1.82) is 0 Å². The maximum Gasteiger partial charge on any atom is 0.258 e. The Kier molecular flexibility index (Phi) is 4.69. The Morgan fingerprint density at radius 1 is 1.04 bits per heavy atom. The summed E-state index contributed by atoms with van der Waals surface area (Å²) in [6, 6.07) is 16.5. The largest absolute Gasteiger partial charge is 0.294 e. The molecule has 0 spiro atoms. The number of hydrogen-bond acceptors (Lipinski definition) is 4. The van der Waals surface area contributed by atoms with E-state index in [0.29, 0.717) is 34.7 Å². The van der Waals surface area contributed by atoms with Crippen molar-refractivity contribution in [1.82, 2.24) is 9.97 Å². The second kappa shape index (κ2) is 7.29. The molecule has 0 unspecified atom stereocenters. The summed E-state index contributed by atoms with van der Waals surface area (Å²) in [4.78, 5) is 33.4. The minimum atomic E-state index is -0.326. The number of rotatable bonds is 3. The quantitative estimate of drug-likeness (QED) is 0.738. The summed E-state index contributed by atoms with van der Waals surface area (Å²) in [5.41, 5.74) is 2.77. The summed E-state index contributed by atoms with van der Waals surface area (Å²) in [5.74, 6) is -0.0230. The number of carbonyl (C=O) groups is 2. The summed E-state index contributed by atoms with van der Waals surface area (Å²) in [5, 5.41) is 3.24. The lowest BCUT2D eigenvalue weighted by Crippen LogP contribution is -2.22. The van der Waals surface area contributed by atoms with Crippen LogP contribution in [0.3, 0.4) is 0 Å². The van der Waals surface area contributed by atoms with E-state index in [1.54, 1.807) is 24.3 Å². The number of hydrogen-bond donors (Lipinski definition) is 1. The van der Waals surface area contributed by atoms with Gasteiger partial charge in [-0.2, -0.15) is 0 Å². The first-order valence-electron chi connectivity index (χ1n) is 8.61. The number of anilines is 1. The number of amides is 1. The maximum atomic E-state index is 12.5. The van der Waals surface area contributed by atoms with Gasteiger partial charge in [0.15, 0.2) is 5.78 Å². The lowest BCUT2D eigenvalue weighted by molar-refractivity contribution is 0.0962. The monoisotopic (exact) mass is 377 g/mol. The van der Waals surface area contributed by atoms with Crippen molar-refractivity contribution >= 4 is 29.2 Å². The van der Waals surface area contributed by atoms with Crippen molar-refractivity contribution in [3.8, 4) is 0 Å². The van der Waals surface area contributed by atoms with Crippen LogP contribution in [-0.2, 0) is 6.42 Å². The Bertz CT molecular complexity index is 1000. The molecule has 3 aromatic rings. The summed E-state index contributed by atoms with van der Waals surface area (Å²) >= 11 is 5.85. The van der Waals surface area contributed by atoms with Gasteiger partial charge >= 0.3 is 0 Å². The van der Waals surface area contributed by atoms with Gasteiger partial charge in [0.25, 0.3) is 5.91 Å². The molecule has 0 bridgehead atoms. The lowest BCUT2D eigenvalue weighted by atomic mass is 9.82. The van der Waals surface area contributed by atoms with E-state index < -0.39 is 0 Å². The topological polar surface area (TPSA) is 72.0 Å². The molecular formula is C21H16ClN3O2. The van der Waals surface area contributed by atoms with Crippen molar-refractivity contribution in [3.63, 3.8) is 0 Å². The zero-order valence-corrected chi connectivity index (χ0v) is 15.1. The second-order valence-corrected chi connectivity index (χ2v) is 6.89. The van der Waals surface area contributed by atoms with E-state index in [1.807, 2.05) is 30.3 Å². The van der Waals surface area contributed by atoms with Crippen LogP contribution in [0.4, 0.5) is 5.95 Å². The summed E-state index contributed by atoms with van der Waals surface area (Å²) in [7, 11) is 0. The van der Waals surface area contributed by atoms with E-state index in [-0.39, 0.29) is 23.6 Å². The van der Waals surface area contributed by atoms with Crippen LogP contribution in [-0.4, -0.2) is 21.7 Å². The maximum absolute atomic E-state index is 12.5. The molecule has 1 N–H and O–H groups in total. The van der Waals surface area contributed by atoms with Crippen LogP contribution in [0.15, 0.2) is 60.8 Å². The minimum Gasteiger partial charge on any atom is -0.294 e. The molecule has 4 rings (SSSR count). The SMILES string of the molecule is O=C(Nc1ncc2c(n1)C[C@H](c1ccccc1)CC2=O)c1ccc(Cl)cc1. The number of nitrogens with zero attached hydrogens (tertiary/aromatic N) is 2. The Balaban J connectivity index is 1.57. The first kappa shape index (κ1) is 17.4. The highest BCUT2D eigenvalue weighted by atomic mass is 35.5. The fraction of sp³-hybridized carbons (Fsp3) is 0.143. The van der Waals surface area contributed by atoms with Gasteiger partial charge in [-0.25, -0.2) is 9.97 Å². The molecule has 6 heteroatoms. The van der Waals surface area contributed by atoms with Crippen molar-refractivity contribution in [2.45, 2.75) is 18.8 Å². The third-order valence-corrected chi connectivity index (χ3v) is 4.89. The number of fused-ring (bicyclic) bond motifs is 1. The van der Waals surface area contributed by atoms with Gasteiger partial charge in [-0.1, -0.05) is 41.9 Å². The first-order chi connectivity index (χ1) is 13.1. The number of aromatic nitrogens is 2. The third-order valence-electron chi connectivity index (χ3n) is 4.64. The van der Waals surface area contributed by atoms with E-state index in [2.05, 4.69) is 15.3 Å². The molecule has 1 amide bonds. The van der Waals surface area contributed by atoms with Gasteiger partial charge in [-0.3, -0.25) is 14.9 Å². The van der Waals surface area contributed by atoms with Crippen LogP contribution in [0, 0.1) is 0 Å². The fourth-order valence-electron chi connectivity index (χ4n) is 3.24. The molecule has 0 aliphatic heterocycles. The smallest absolute Gasteiger partial charge is 0.258 e. The van der Waals surface area contributed by atoms with Gasteiger partial charge in [-0.05, 0) is 42.2 Å². The molecule has 27 heavy (non-hydrogen) atoms. The summed E-state index contributed by atoms with van der Waals surface area (Å²) in [6.07, 6.45) is 2.58. The Morgan fingerprint density at radius 2 is 1.78 bits per heavy atom. The zero-order chi connectivity index (χ0) is 18.8. The molecule has 1 aliphatic carbocycles. The molecule has 5 nitrogen and oxygen atoms in total. The van der Waals surface area contributed by atoms with Gasteiger partial charge in [0.05, 0.1) is 11.3 Å². The number of Topliss-reactive ketones (excluding diaryl/α,β-unsaturated/α-hetero) is 1. The van der Waals surface area contributed by atoms with Crippen molar-refractivity contribution in [3.05, 3.63) is 88.2 Å². The Morgan fingerprint density at radius 3 is 2.52 bits per heavy atom. The number of halogens is 1. The molecular weight excluding hydrogens is 362 g/mol. The van der Waals surface area contributed by atoms with Gasteiger partial charge in [0.1, 0.15) is 0 Å². The van der Waals surface area contributed by atoms with Crippen molar-refractivity contribution in [2.24, 2.45) is 0 Å². The summed E-state index contributed by atoms with van der Waals surface area (Å²) < 4.78 is 0. The Hall–Kier alpha value is -3.05. The molecule has 134 valence electrons. The van der Waals surface area contributed by atoms with Crippen LogP contribution in [0.2, 0.25) is 5.02 Å². The van der Waals surface area contributed by atoms with Gasteiger partial charge in [-0.15, -0.1) is 0 Å². The van der Waals surface area contributed by atoms with Gasteiger partial charge < -0.3 is 0 Å². The minimum absolute atomic E-state index is 0.0284. The molecule has 1 aliphatic rings. The highest BCUT2D eigenvalue weighted by Gasteiger charge is 2.28. The van der Waals surface area contributed by atoms with Crippen molar-refractivity contribution in [2.75, 3.05) is 5.32 Å². The highest BCUT2D eigenvalue weighted by Crippen LogP contribution is 2.31. The molecule has 1 atom stereocenters. The average Bonchev–Trinajstić information content (AvgIpc) is 2.69. The van der Waals surface area contributed by atoms with Crippen molar-refractivity contribution < 1.29 is 9.59 Å². The average molecular weight is 378 g/mol. The molecule has 0 saturated carbocycles. The predicted molar refractivity (Wildman–Crippen MR) is 103 cm³/mol. The van der Waals surface area contributed by atoms with Gasteiger partial charge in [0, 0.05) is 23.2 Å². The first-order valence-corrected chi connectivity index (χ1v) is 8.99. The number of nitrogens with one attached hydrogen (secondary N) is 1. The van der Waals surface area contributed by atoms with Crippen LogP contribution in [0.25, 0.3) is 0 Å². The zero-order valence-electron chi connectivity index (χ0n) is 14.4. The van der Waals surface area contributed by atoms with Gasteiger partial charge in [0.2, 0.25) is 5.95 Å². The van der Waals surface area contributed by atoms with E-state index in [4.69, 9.17) is 11.6 Å². The van der Waals surface area contributed by atoms with Crippen LogP contribution < -0.4 is 5.32 Å². The number of ketones is 1. The molecule has 1 aromatic heterocycles. The van der Waals surface area contributed by atoms with Crippen LogP contribution in [0.1, 0.15) is 44.3 Å². The third kappa shape index (κ3) is 3.73. The molecule has 0 saturated heterocycles. The fourth-order valence-corrected chi connectivity index (χ4v) is 3.37. The standard InChI is InChI=1S/C21H16ClN3O2/c22-16-8-6-14(7-9-16)20(27)25-21-23-12-17-18(24-21)10-15(11-19(17)26)13-4-2-1-3-5-13/h1-9,12,15H,10-11H2,(H,23,24,25,27)/t15-/m0/s1. The molecule has 0 radical (unpaired) electrons. The van der Waals surface area contributed by atoms with E-state index in [9.17, 15) is 9.59 Å². The summed E-state index contributed by atoms with van der Waals surface area (Å²) in [6.45, 7) is 0. The highest BCUT2D eigenvalue weighted by molar-refractivity contribution is 6.30. The number of carbonyl (C=O) groups excluding carboxylic acids is 2.